The highest BCUT2D eigenvalue weighted by Crippen LogP contribution is 2.16. The molecule has 6 nitrogen and oxygen atoms in total. The Kier molecular flexibility index (Phi) is 5.73. The quantitative estimate of drug-likeness (QED) is 0.830. The fraction of sp³-hybridized carbons (Fsp3) is 0.643. The fourth-order valence-electron chi connectivity index (χ4n) is 1.91. The standard InChI is InChI=1S/C14H25N5O/c1-6-19(7-2)14(20)10(5)16-12-8-11(15)17-13(18-12)9(3)4/h8-10H,6-7H2,1-5H3,(H3,15,16,17,18). The number of hydrogen-bond acceptors (Lipinski definition) is 5. The maximum absolute atomic E-state index is 12.2. The summed E-state index contributed by atoms with van der Waals surface area (Å²) in [6, 6.07) is 1.31. The molecule has 1 heterocycles. The van der Waals surface area contributed by atoms with Gasteiger partial charge in [-0.1, -0.05) is 13.8 Å². The number of nitrogens with zero attached hydrogens (tertiary/aromatic N) is 3. The van der Waals surface area contributed by atoms with Gasteiger partial charge in [-0.2, -0.15) is 0 Å². The number of hydrogen-bond donors (Lipinski definition) is 2. The molecular weight excluding hydrogens is 254 g/mol. The molecule has 0 saturated carbocycles. The summed E-state index contributed by atoms with van der Waals surface area (Å²) in [4.78, 5) is 22.6. The van der Waals surface area contributed by atoms with Crippen LogP contribution in [0.2, 0.25) is 0 Å². The average molecular weight is 279 g/mol. The Balaban J connectivity index is 2.85. The topological polar surface area (TPSA) is 84.1 Å². The minimum Gasteiger partial charge on any atom is -0.384 e. The first-order chi connectivity index (χ1) is 9.38. The second-order valence-electron chi connectivity index (χ2n) is 5.07. The van der Waals surface area contributed by atoms with Gasteiger partial charge in [-0.3, -0.25) is 4.79 Å². The van der Waals surface area contributed by atoms with Gasteiger partial charge in [0.2, 0.25) is 5.91 Å². The number of nitrogens with one attached hydrogen (secondary N) is 1. The Morgan fingerprint density at radius 2 is 1.90 bits per heavy atom. The van der Waals surface area contributed by atoms with E-state index in [9.17, 15) is 4.79 Å². The largest absolute Gasteiger partial charge is 0.384 e. The van der Waals surface area contributed by atoms with Crippen molar-refractivity contribution in [2.45, 2.75) is 46.6 Å². The van der Waals surface area contributed by atoms with Gasteiger partial charge in [0.05, 0.1) is 0 Å². The van der Waals surface area contributed by atoms with E-state index >= 15 is 0 Å². The van der Waals surface area contributed by atoms with Crippen molar-refractivity contribution < 1.29 is 4.79 Å². The van der Waals surface area contributed by atoms with Crippen molar-refractivity contribution in [1.82, 2.24) is 14.9 Å². The van der Waals surface area contributed by atoms with Gasteiger partial charge in [-0.15, -0.1) is 0 Å². The fourth-order valence-corrected chi connectivity index (χ4v) is 1.91. The van der Waals surface area contributed by atoms with Crippen LogP contribution < -0.4 is 11.1 Å². The van der Waals surface area contributed by atoms with Gasteiger partial charge in [-0.05, 0) is 20.8 Å². The molecule has 1 atom stereocenters. The molecule has 1 aromatic rings. The molecule has 1 rings (SSSR count). The number of anilines is 2. The zero-order valence-electron chi connectivity index (χ0n) is 13.0. The smallest absolute Gasteiger partial charge is 0.244 e. The van der Waals surface area contributed by atoms with Crippen LogP contribution in [0, 0.1) is 0 Å². The first kappa shape index (κ1) is 16.2. The molecule has 0 aliphatic heterocycles. The monoisotopic (exact) mass is 279 g/mol. The van der Waals surface area contributed by atoms with E-state index in [0.717, 1.165) is 0 Å². The number of carbonyl (C=O) groups excluding carboxylic acids is 1. The van der Waals surface area contributed by atoms with Crippen molar-refractivity contribution in [1.29, 1.82) is 0 Å². The Morgan fingerprint density at radius 1 is 1.30 bits per heavy atom. The van der Waals surface area contributed by atoms with Gasteiger partial charge in [-0.25, -0.2) is 9.97 Å². The maximum atomic E-state index is 12.2. The van der Waals surface area contributed by atoms with Gasteiger partial charge in [0, 0.05) is 25.1 Å². The van der Waals surface area contributed by atoms with E-state index in [4.69, 9.17) is 5.73 Å². The minimum absolute atomic E-state index is 0.0540. The van der Waals surface area contributed by atoms with E-state index in [1.807, 2.05) is 34.6 Å². The van der Waals surface area contributed by atoms with Crippen molar-refractivity contribution in [3.05, 3.63) is 11.9 Å². The number of carbonyl (C=O) groups is 1. The molecule has 0 saturated heterocycles. The predicted octanol–water partition coefficient (Wildman–Crippen LogP) is 1.85. The van der Waals surface area contributed by atoms with Crippen molar-refractivity contribution >= 4 is 17.5 Å². The third kappa shape index (κ3) is 4.08. The van der Waals surface area contributed by atoms with Crippen LogP contribution in [0.3, 0.4) is 0 Å². The summed E-state index contributed by atoms with van der Waals surface area (Å²) in [5.74, 6) is 1.92. The number of nitrogens with two attached hydrogens (primary N) is 1. The summed E-state index contributed by atoms with van der Waals surface area (Å²) >= 11 is 0. The average Bonchev–Trinajstić information content (AvgIpc) is 2.39. The number of aromatic nitrogens is 2. The van der Waals surface area contributed by atoms with E-state index in [1.54, 1.807) is 11.0 Å². The lowest BCUT2D eigenvalue weighted by Gasteiger charge is -2.24. The lowest BCUT2D eigenvalue weighted by Crippen LogP contribution is -2.41. The first-order valence-electron chi connectivity index (χ1n) is 7.08. The molecular formula is C14H25N5O. The van der Waals surface area contributed by atoms with Gasteiger partial charge in [0.1, 0.15) is 23.5 Å². The van der Waals surface area contributed by atoms with E-state index < -0.39 is 0 Å². The number of nitrogen functional groups attached to an aromatic ring is 1. The molecule has 0 aromatic carbocycles. The van der Waals surface area contributed by atoms with Crippen LogP contribution >= 0.6 is 0 Å². The Labute approximate surface area is 120 Å². The normalized spacial score (nSPS) is 12.3. The molecule has 3 N–H and O–H groups in total. The zero-order valence-corrected chi connectivity index (χ0v) is 13.0. The zero-order chi connectivity index (χ0) is 15.3. The Morgan fingerprint density at radius 3 is 2.40 bits per heavy atom. The molecule has 1 unspecified atom stereocenters. The highest BCUT2D eigenvalue weighted by Gasteiger charge is 2.19. The first-order valence-corrected chi connectivity index (χ1v) is 7.08. The minimum atomic E-state index is -0.343. The Hall–Kier alpha value is -1.85. The molecule has 0 fully saturated rings. The van der Waals surface area contributed by atoms with E-state index in [2.05, 4.69) is 15.3 Å². The maximum Gasteiger partial charge on any atom is 0.244 e. The molecule has 0 aliphatic rings. The molecule has 1 aromatic heterocycles. The highest BCUT2D eigenvalue weighted by molar-refractivity contribution is 5.84. The van der Waals surface area contributed by atoms with Crippen molar-refractivity contribution in [2.75, 3.05) is 24.1 Å². The third-order valence-corrected chi connectivity index (χ3v) is 3.09. The summed E-state index contributed by atoms with van der Waals surface area (Å²) in [7, 11) is 0. The van der Waals surface area contributed by atoms with Crippen LogP contribution in [-0.4, -0.2) is 39.9 Å². The van der Waals surface area contributed by atoms with Crippen LogP contribution in [0.1, 0.15) is 46.4 Å². The summed E-state index contributed by atoms with van der Waals surface area (Å²) in [6.07, 6.45) is 0. The van der Waals surface area contributed by atoms with E-state index in [0.29, 0.717) is 30.5 Å². The van der Waals surface area contributed by atoms with Crippen LogP contribution in [0.5, 0.6) is 0 Å². The lowest BCUT2D eigenvalue weighted by molar-refractivity contribution is -0.131. The van der Waals surface area contributed by atoms with Gasteiger partial charge >= 0.3 is 0 Å². The van der Waals surface area contributed by atoms with Crippen molar-refractivity contribution in [3.63, 3.8) is 0 Å². The summed E-state index contributed by atoms with van der Waals surface area (Å²) < 4.78 is 0. The summed E-state index contributed by atoms with van der Waals surface area (Å²) in [5, 5.41) is 3.10. The number of amides is 1. The number of rotatable bonds is 6. The second-order valence-corrected chi connectivity index (χ2v) is 5.07. The van der Waals surface area contributed by atoms with Gasteiger partial charge in [0.25, 0.3) is 0 Å². The van der Waals surface area contributed by atoms with Crippen molar-refractivity contribution in [2.24, 2.45) is 0 Å². The molecule has 20 heavy (non-hydrogen) atoms. The molecule has 0 bridgehead atoms. The molecule has 0 spiro atoms. The van der Waals surface area contributed by atoms with E-state index in [-0.39, 0.29) is 17.9 Å². The molecule has 0 aliphatic carbocycles. The highest BCUT2D eigenvalue weighted by atomic mass is 16.2. The van der Waals surface area contributed by atoms with Gasteiger partial charge in [0.15, 0.2) is 0 Å². The predicted molar refractivity (Wildman–Crippen MR) is 81.5 cm³/mol. The number of likely N-dealkylation sites (N-methyl/N-ethyl adjacent to an activating group) is 1. The lowest BCUT2D eigenvalue weighted by atomic mass is 10.2. The van der Waals surface area contributed by atoms with E-state index in [1.165, 1.54) is 0 Å². The SMILES string of the molecule is CCN(CC)C(=O)C(C)Nc1cc(N)nc(C(C)C)n1. The molecule has 1 amide bonds. The molecule has 112 valence electrons. The Bertz CT molecular complexity index is 457. The third-order valence-electron chi connectivity index (χ3n) is 3.09. The molecule has 0 radical (unpaired) electrons. The summed E-state index contributed by atoms with van der Waals surface area (Å²) in [5.41, 5.74) is 5.77. The van der Waals surface area contributed by atoms with Crippen LogP contribution in [0.25, 0.3) is 0 Å². The van der Waals surface area contributed by atoms with Gasteiger partial charge < -0.3 is 16.0 Å². The second kappa shape index (κ2) is 7.07. The molecule has 6 heteroatoms. The van der Waals surface area contributed by atoms with Crippen LogP contribution in [0.4, 0.5) is 11.6 Å². The van der Waals surface area contributed by atoms with Crippen LogP contribution in [-0.2, 0) is 4.79 Å². The van der Waals surface area contributed by atoms with Crippen molar-refractivity contribution in [3.8, 4) is 0 Å². The summed E-state index contributed by atoms with van der Waals surface area (Å²) in [6.45, 7) is 11.2. The van der Waals surface area contributed by atoms with Crippen LogP contribution in [0.15, 0.2) is 6.07 Å².